The van der Waals surface area contributed by atoms with E-state index >= 15 is 0 Å². The molecule has 0 amide bonds. The van der Waals surface area contributed by atoms with Crippen LogP contribution in [-0.4, -0.2) is 12.5 Å². The summed E-state index contributed by atoms with van der Waals surface area (Å²) in [5.41, 5.74) is 0. The Balaban J connectivity index is 2.34. The van der Waals surface area contributed by atoms with Crippen LogP contribution in [0, 0.1) is 0 Å². The predicted molar refractivity (Wildman–Crippen MR) is 29.1 cm³/mol. The van der Waals surface area contributed by atoms with E-state index in [9.17, 15) is 0 Å². The first-order valence-corrected chi connectivity index (χ1v) is 2.52. The average molecular weight is 85.9 g/mol. The van der Waals surface area contributed by atoms with E-state index in [0.29, 0.717) is 7.48 Å². The van der Waals surface area contributed by atoms with Crippen LogP contribution >= 0.6 is 0 Å². The van der Waals surface area contributed by atoms with Crippen LogP contribution in [0.3, 0.4) is 0 Å². The molecule has 0 saturated heterocycles. The molecule has 0 rings (SSSR count). The molecule has 0 bridgehead atoms. The molecule has 2 heteroatoms. The number of hydrogen-bond donors (Lipinski definition) is 1. The van der Waals surface area contributed by atoms with E-state index in [1.165, 1.54) is 6.42 Å². The van der Waals surface area contributed by atoms with Gasteiger partial charge in [-0.15, -0.1) is 0 Å². The van der Waals surface area contributed by atoms with Crippen molar-refractivity contribution >= 4 is 7.48 Å². The zero-order valence-electron chi connectivity index (χ0n) is 4.28. The van der Waals surface area contributed by atoms with E-state index in [1.807, 2.05) is 0 Å². The molecule has 0 aliphatic rings. The molecule has 0 atom stereocenters. The summed E-state index contributed by atoms with van der Waals surface area (Å²) in [6.45, 7) is 2.12. The Labute approximate surface area is 39.7 Å². The lowest BCUT2D eigenvalue weighted by Crippen LogP contribution is -1.82. The van der Waals surface area contributed by atoms with E-state index in [0.717, 1.165) is 12.7 Å². The average Bonchev–Trinajstić information content (AvgIpc) is 1.61. The number of rotatable bonds is 3. The van der Waals surface area contributed by atoms with Crippen LogP contribution in [0.5, 0.6) is 0 Å². The van der Waals surface area contributed by atoms with Gasteiger partial charge in [-0.1, -0.05) is 26.1 Å². The van der Waals surface area contributed by atoms with Crippen molar-refractivity contribution in [2.75, 3.05) is 0 Å². The molecule has 0 spiro atoms. The topological polar surface area (TPSA) is 20.2 Å². The van der Waals surface area contributed by atoms with Crippen LogP contribution in [0.1, 0.15) is 19.8 Å². The normalized spacial score (nSPS) is 8.33. The second-order valence-corrected chi connectivity index (χ2v) is 1.43. The molecular formula is C4H11BO. The highest BCUT2D eigenvalue weighted by atomic mass is 16.2. The molecule has 0 aliphatic carbocycles. The van der Waals surface area contributed by atoms with Gasteiger partial charge >= 0.3 is 0 Å². The Morgan fingerprint density at radius 3 is 2.50 bits per heavy atom. The van der Waals surface area contributed by atoms with Crippen LogP contribution in [-0.2, 0) is 0 Å². The van der Waals surface area contributed by atoms with E-state index < -0.39 is 0 Å². The minimum absolute atomic E-state index is 0.355. The first kappa shape index (κ1) is 6.02. The summed E-state index contributed by atoms with van der Waals surface area (Å²) >= 11 is 0. The first-order valence-electron chi connectivity index (χ1n) is 2.52. The highest BCUT2D eigenvalue weighted by molar-refractivity contribution is 6.25. The maximum atomic E-state index is 8.20. The molecule has 0 aromatic rings. The van der Waals surface area contributed by atoms with Crippen LogP contribution in [0.2, 0.25) is 6.32 Å². The summed E-state index contributed by atoms with van der Waals surface area (Å²) in [4.78, 5) is 0. The standard InChI is InChI=1S/C4H11BO/c1-2-3-4-5-6/h5-6H,2-4H2,1H3. The Bertz CT molecular complexity index is 19.5. The molecule has 0 aliphatic heterocycles. The third-order valence-electron chi connectivity index (χ3n) is 0.762. The molecule has 1 N–H and O–H groups in total. The zero-order valence-corrected chi connectivity index (χ0v) is 4.28. The monoisotopic (exact) mass is 86.1 g/mol. The fourth-order valence-corrected chi connectivity index (χ4v) is 0.362. The first-order chi connectivity index (χ1) is 2.91. The molecule has 0 aromatic heterocycles. The lowest BCUT2D eigenvalue weighted by Gasteiger charge is -1.83. The largest absolute Gasteiger partial charge is 0.454 e. The molecule has 36 valence electrons. The Morgan fingerprint density at radius 2 is 2.33 bits per heavy atom. The molecule has 0 saturated carbocycles. The van der Waals surface area contributed by atoms with Crippen LogP contribution < -0.4 is 0 Å². The lowest BCUT2D eigenvalue weighted by molar-refractivity contribution is 0.595. The van der Waals surface area contributed by atoms with Crippen molar-refractivity contribution in [1.29, 1.82) is 0 Å². The molecule has 1 nitrogen and oxygen atoms in total. The Kier molecular flexibility index (Phi) is 5.05. The third kappa shape index (κ3) is 4.02. The number of hydrogen-bond acceptors (Lipinski definition) is 1. The van der Waals surface area contributed by atoms with Gasteiger partial charge in [-0.25, -0.2) is 0 Å². The van der Waals surface area contributed by atoms with Gasteiger partial charge in [-0.2, -0.15) is 0 Å². The van der Waals surface area contributed by atoms with Gasteiger partial charge in [-0.3, -0.25) is 0 Å². The fraction of sp³-hybridized carbons (Fsp3) is 1.00. The van der Waals surface area contributed by atoms with Gasteiger partial charge in [0.05, 0.1) is 0 Å². The SMILES string of the molecule is CCCCBO. The zero-order chi connectivity index (χ0) is 4.83. The van der Waals surface area contributed by atoms with Crippen molar-refractivity contribution in [1.82, 2.24) is 0 Å². The number of unbranched alkanes of at least 4 members (excludes halogenated alkanes) is 1. The van der Waals surface area contributed by atoms with E-state index in [2.05, 4.69) is 6.92 Å². The summed E-state index contributed by atoms with van der Waals surface area (Å²) in [7, 11) is 0.355. The molecule has 0 unspecified atom stereocenters. The molecular weight excluding hydrogens is 74.9 g/mol. The third-order valence-corrected chi connectivity index (χ3v) is 0.762. The summed E-state index contributed by atoms with van der Waals surface area (Å²) in [5.74, 6) is 0. The summed E-state index contributed by atoms with van der Waals surface area (Å²) in [6.07, 6.45) is 3.33. The fourth-order valence-electron chi connectivity index (χ4n) is 0.362. The van der Waals surface area contributed by atoms with Crippen molar-refractivity contribution in [3.05, 3.63) is 0 Å². The van der Waals surface area contributed by atoms with Gasteiger partial charge < -0.3 is 5.02 Å². The van der Waals surface area contributed by atoms with Crippen LogP contribution in [0.25, 0.3) is 0 Å². The van der Waals surface area contributed by atoms with Crippen molar-refractivity contribution in [2.45, 2.75) is 26.1 Å². The summed E-state index contributed by atoms with van der Waals surface area (Å²) in [5, 5.41) is 8.20. The molecule has 6 heavy (non-hydrogen) atoms. The van der Waals surface area contributed by atoms with E-state index in [1.54, 1.807) is 0 Å². The maximum Gasteiger partial charge on any atom is 0.270 e. The van der Waals surface area contributed by atoms with E-state index in [-0.39, 0.29) is 0 Å². The summed E-state index contributed by atoms with van der Waals surface area (Å²) in [6, 6.07) is 0. The smallest absolute Gasteiger partial charge is 0.270 e. The van der Waals surface area contributed by atoms with Crippen LogP contribution in [0.4, 0.5) is 0 Å². The maximum absolute atomic E-state index is 8.20. The van der Waals surface area contributed by atoms with Crippen molar-refractivity contribution < 1.29 is 5.02 Å². The quantitative estimate of drug-likeness (QED) is 0.392. The highest BCUT2D eigenvalue weighted by Crippen LogP contribution is 1.89. The lowest BCUT2D eigenvalue weighted by atomic mass is 9.93. The van der Waals surface area contributed by atoms with Gasteiger partial charge in [0.15, 0.2) is 0 Å². The van der Waals surface area contributed by atoms with Gasteiger partial charge in [-0.05, 0) is 0 Å². The van der Waals surface area contributed by atoms with Crippen molar-refractivity contribution in [3.63, 3.8) is 0 Å². The Morgan fingerprint density at radius 1 is 1.67 bits per heavy atom. The molecule has 0 heterocycles. The minimum atomic E-state index is 0.355. The highest BCUT2D eigenvalue weighted by Gasteiger charge is 1.80. The van der Waals surface area contributed by atoms with E-state index in [4.69, 9.17) is 5.02 Å². The summed E-state index contributed by atoms with van der Waals surface area (Å²) < 4.78 is 0. The predicted octanol–water partition coefficient (Wildman–Crippen LogP) is 0.549. The van der Waals surface area contributed by atoms with Gasteiger partial charge in [0.2, 0.25) is 0 Å². The van der Waals surface area contributed by atoms with Crippen molar-refractivity contribution in [3.8, 4) is 0 Å². The van der Waals surface area contributed by atoms with Crippen molar-refractivity contribution in [2.24, 2.45) is 0 Å². The van der Waals surface area contributed by atoms with Crippen LogP contribution in [0.15, 0.2) is 0 Å². The van der Waals surface area contributed by atoms with Gasteiger partial charge in [0, 0.05) is 0 Å². The second kappa shape index (κ2) is 5.02. The Hall–Kier alpha value is 0.0249. The molecule has 0 fully saturated rings. The van der Waals surface area contributed by atoms with Gasteiger partial charge in [0.25, 0.3) is 7.48 Å². The molecule has 0 aromatic carbocycles. The second-order valence-electron chi connectivity index (χ2n) is 1.43. The van der Waals surface area contributed by atoms with Gasteiger partial charge in [0.1, 0.15) is 0 Å². The minimum Gasteiger partial charge on any atom is -0.454 e. The molecule has 0 radical (unpaired) electrons.